The Balaban J connectivity index is 1.28. The normalized spacial score (nSPS) is 14.3. The molecule has 140 valence electrons. The summed E-state index contributed by atoms with van der Waals surface area (Å²) in [4.78, 5) is 15.3. The summed E-state index contributed by atoms with van der Waals surface area (Å²) in [6.07, 6.45) is 0. The van der Waals surface area contributed by atoms with Crippen LogP contribution in [0.5, 0.6) is 0 Å². The number of nitrogens with one attached hydrogen (secondary N) is 1. The van der Waals surface area contributed by atoms with Crippen LogP contribution in [0.4, 0.5) is 11.4 Å². The van der Waals surface area contributed by atoms with E-state index >= 15 is 0 Å². The molecule has 0 aliphatic carbocycles. The summed E-state index contributed by atoms with van der Waals surface area (Å²) in [5.74, 6) is 0.568. The lowest BCUT2D eigenvalue weighted by Crippen LogP contribution is -2.36. The van der Waals surface area contributed by atoms with Crippen LogP contribution in [-0.2, 0) is 9.53 Å². The van der Waals surface area contributed by atoms with Crippen molar-refractivity contribution in [2.24, 2.45) is 0 Å². The van der Waals surface area contributed by atoms with Gasteiger partial charge in [0.2, 0.25) is 5.91 Å². The first kappa shape index (κ1) is 18.0. The second kappa shape index (κ2) is 8.55. The standard InChI is InChI=1S/C18H18N4O3S2/c23-16(12-27-18-21-20-17(25-18)15-2-1-11-26-15)19-13-3-5-14(6-4-13)22-7-9-24-10-8-22/h1-6,11H,7-10,12H2,(H,19,23). The van der Waals surface area contributed by atoms with Crippen LogP contribution in [0.1, 0.15) is 0 Å². The number of hydrogen-bond acceptors (Lipinski definition) is 8. The van der Waals surface area contributed by atoms with Crippen molar-refractivity contribution in [2.75, 3.05) is 42.3 Å². The molecule has 0 unspecified atom stereocenters. The number of aromatic nitrogens is 2. The minimum absolute atomic E-state index is 0.116. The Labute approximate surface area is 164 Å². The van der Waals surface area contributed by atoms with Gasteiger partial charge < -0.3 is 19.4 Å². The predicted octanol–water partition coefficient (Wildman–Crippen LogP) is 3.37. The van der Waals surface area contributed by atoms with Gasteiger partial charge in [0.25, 0.3) is 11.1 Å². The third-order valence-corrected chi connectivity index (χ3v) is 5.67. The quantitative estimate of drug-likeness (QED) is 0.633. The number of hydrogen-bond donors (Lipinski definition) is 1. The number of rotatable bonds is 6. The van der Waals surface area contributed by atoms with E-state index in [1.165, 1.54) is 23.1 Å². The Hall–Kier alpha value is -2.36. The minimum Gasteiger partial charge on any atom is -0.410 e. The van der Waals surface area contributed by atoms with Gasteiger partial charge in [-0.05, 0) is 35.7 Å². The fraction of sp³-hybridized carbons (Fsp3) is 0.278. The second-order valence-corrected chi connectivity index (χ2v) is 7.71. The minimum atomic E-state index is -0.116. The molecule has 3 aromatic rings. The highest BCUT2D eigenvalue weighted by Gasteiger charge is 2.13. The van der Waals surface area contributed by atoms with Gasteiger partial charge in [-0.25, -0.2) is 0 Å². The lowest BCUT2D eigenvalue weighted by molar-refractivity contribution is -0.113. The van der Waals surface area contributed by atoms with Crippen molar-refractivity contribution in [2.45, 2.75) is 5.22 Å². The molecule has 1 aromatic carbocycles. The van der Waals surface area contributed by atoms with Crippen molar-refractivity contribution in [1.29, 1.82) is 0 Å². The molecule has 7 nitrogen and oxygen atoms in total. The molecule has 4 rings (SSSR count). The molecule has 9 heteroatoms. The smallest absolute Gasteiger partial charge is 0.277 e. The molecular formula is C18H18N4O3S2. The van der Waals surface area contributed by atoms with Crippen LogP contribution in [0.3, 0.4) is 0 Å². The molecule has 3 heterocycles. The first-order valence-corrected chi connectivity index (χ1v) is 10.4. The van der Waals surface area contributed by atoms with Crippen molar-refractivity contribution in [3.8, 4) is 10.8 Å². The zero-order chi connectivity index (χ0) is 18.5. The van der Waals surface area contributed by atoms with Crippen molar-refractivity contribution in [3.63, 3.8) is 0 Å². The summed E-state index contributed by atoms with van der Waals surface area (Å²) in [7, 11) is 0. The number of nitrogens with zero attached hydrogens (tertiary/aromatic N) is 3. The zero-order valence-corrected chi connectivity index (χ0v) is 16.1. The molecule has 1 fully saturated rings. The van der Waals surface area contributed by atoms with Crippen molar-refractivity contribution in [3.05, 3.63) is 41.8 Å². The maximum absolute atomic E-state index is 12.2. The maximum atomic E-state index is 12.2. The highest BCUT2D eigenvalue weighted by atomic mass is 32.2. The summed E-state index contributed by atoms with van der Waals surface area (Å²) in [5, 5.41) is 13.2. The summed E-state index contributed by atoms with van der Waals surface area (Å²) in [6, 6.07) is 11.7. The zero-order valence-electron chi connectivity index (χ0n) is 14.5. The fourth-order valence-corrected chi connectivity index (χ4v) is 3.88. The lowest BCUT2D eigenvalue weighted by atomic mass is 10.2. The average Bonchev–Trinajstić information content (AvgIpc) is 3.39. The highest BCUT2D eigenvalue weighted by molar-refractivity contribution is 7.99. The topological polar surface area (TPSA) is 80.5 Å². The van der Waals surface area contributed by atoms with Gasteiger partial charge in [-0.15, -0.1) is 21.5 Å². The van der Waals surface area contributed by atoms with Crippen LogP contribution in [-0.4, -0.2) is 48.2 Å². The predicted molar refractivity (Wildman–Crippen MR) is 106 cm³/mol. The van der Waals surface area contributed by atoms with E-state index in [0.717, 1.165) is 42.6 Å². The molecule has 1 aliphatic heterocycles. The molecule has 1 amide bonds. The Morgan fingerprint density at radius 3 is 2.74 bits per heavy atom. The molecule has 0 saturated carbocycles. The van der Waals surface area contributed by atoms with Gasteiger partial charge in [-0.2, -0.15) is 0 Å². The number of thiophene rings is 1. The fourth-order valence-electron chi connectivity index (χ4n) is 2.67. The number of anilines is 2. The van der Waals surface area contributed by atoms with Gasteiger partial charge in [0.15, 0.2) is 0 Å². The maximum Gasteiger partial charge on any atom is 0.277 e. The molecule has 27 heavy (non-hydrogen) atoms. The summed E-state index contributed by atoms with van der Waals surface area (Å²) < 4.78 is 10.9. The van der Waals surface area contributed by atoms with Crippen LogP contribution >= 0.6 is 23.1 Å². The Morgan fingerprint density at radius 1 is 1.19 bits per heavy atom. The first-order chi connectivity index (χ1) is 13.3. The van der Waals surface area contributed by atoms with E-state index < -0.39 is 0 Å². The van der Waals surface area contributed by atoms with E-state index in [2.05, 4.69) is 20.4 Å². The largest absolute Gasteiger partial charge is 0.410 e. The third kappa shape index (κ3) is 4.68. The SMILES string of the molecule is O=C(CSc1nnc(-c2cccs2)o1)Nc1ccc(N2CCOCC2)cc1. The van der Waals surface area contributed by atoms with Crippen molar-refractivity contribution < 1.29 is 13.9 Å². The molecular weight excluding hydrogens is 384 g/mol. The monoisotopic (exact) mass is 402 g/mol. The van der Waals surface area contributed by atoms with Gasteiger partial charge >= 0.3 is 0 Å². The molecule has 0 atom stereocenters. The van der Waals surface area contributed by atoms with E-state index in [-0.39, 0.29) is 11.7 Å². The number of morpholine rings is 1. The van der Waals surface area contributed by atoms with E-state index in [0.29, 0.717) is 11.1 Å². The van der Waals surface area contributed by atoms with Crippen LogP contribution < -0.4 is 10.2 Å². The highest BCUT2D eigenvalue weighted by Crippen LogP contribution is 2.26. The van der Waals surface area contributed by atoms with E-state index in [1.807, 2.05) is 41.8 Å². The van der Waals surface area contributed by atoms with Crippen molar-refractivity contribution in [1.82, 2.24) is 10.2 Å². The number of carbonyl (C=O) groups is 1. The van der Waals surface area contributed by atoms with Crippen LogP contribution in [0.2, 0.25) is 0 Å². The third-order valence-electron chi connectivity index (χ3n) is 3.99. The summed E-state index contributed by atoms with van der Waals surface area (Å²) >= 11 is 2.75. The van der Waals surface area contributed by atoms with E-state index in [4.69, 9.17) is 9.15 Å². The molecule has 0 radical (unpaired) electrons. The summed E-state index contributed by atoms with van der Waals surface area (Å²) in [6.45, 7) is 3.28. The molecule has 1 N–H and O–H groups in total. The van der Waals surface area contributed by atoms with Gasteiger partial charge in [0, 0.05) is 24.5 Å². The Morgan fingerprint density at radius 2 is 2.00 bits per heavy atom. The van der Waals surface area contributed by atoms with E-state index in [1.54, 1.807) is 0 Å². The average molecular weight is 403 g/mol. The Kier molecular flexibility index (Phi) is 5.71. The van der Waals surface area contributed by atoms with E-state index in [9.17, 15) is 4.79 Å². The van der Waals surface area contributed by atoms with Crippen LogP contribution in [0.15, 0.2) is 51.4 Å². The lowest BCUT2D eigenvalue weighted by Gasteiger charge is -2.28. The molecule has 1 aliphatic rings. The van der Waals surface area contributed by atoms with Crippen LogP contribution in [0, 0.1) is 0 Å². The Bertz CT molecular complexity index is 874. The number of ether oxygens (including phenoxy) is 1. The van der Waals surface area contributed by atoms with Gasteiger partial charge in [-0.3, -0.25) is 4.79 Å². The molecule has 0 bridgehead atoms. The van der Waals surface area contributed by atoms with Gasteiger partial charge in [-0.1, -0.05) is 17.8 Å². The van der Waals surface area contributed by atoms with Gasteiger partial charge in [0.05, 0.1) is 23.8 Å². The van der Waals surface area contributed by atoms with Gasteiger partial charge in [0.1, 0.15) is 0 Å². The number of benzene rings is 1. The van der Waals surface area contributed by atoms with Crippen LogP contribution in [0.25, 0.3) is 10.8 Å². The number of thioether (sulfide) groups is 1. The first-order valence-electron chi connectivity index (χ1n) is 8.51. The molecule has 2 aromatic heterocycles. The molecule has 0 spiro atoms. The summed E-state index contributed by atoms with van der Waals surface area (Å²) in [5.41, 5.74) is 1.90. The number of carbonyl (C=O) groups excluding carboxylic acids is 1. The van der Waals surface area contributed by atoms with Crippen molar-refractivity contribution >= 4 is 40.4 Å². The second-order valence-electron chi connectivity index (χ2n) is 5.83. The number of amides is 1. The molecule has 1 saturated heterocycles.